The van der Waals surface area contributed by atoms with Gasteiger partial charge >= 0.3 is 0 Å². The molecule has 123 valence electrons. The fourth-order valence-electron chi connectivity index (χ4n) is 2.57. The van der Waals surface area contributed by atoms with Gasteiger partial charge in [-0.05, 0) is 38.5 Å². The quantitative estimate of drug-likeness (QED) is 0.798. The van der Waals surface area contributed by atoms with Crippen LogP contribution in [0.2, 0.25) is 0 Å². The van der Waals surface area contributed by atoms with E-state index >= 15 is 0 Å². The Morgan fingerprint density at radius 3 is 2.71 bits per heavy atom. The van der Waals surface area contributed by atoms with Crippen molar-refractivity contribution < 1.29 is 4.79 Å². The highest BCUT2D eigenvalue weighted by Crippen LogP contribution is 2.24. The molecule has 0 fully saturated rings. The summed E-state index contributed by atoms with van der Waals surface area (Å²) in [6.45, 7) is 7.02. The van der Waals surface area contributed by atoms with Crippen LogP contribution in [-0.4, -0.2) is 43.8 Å². The molecule has 0 atom stereocenters. The number of fused-ring (bicyclic) bond motifs is 1. The normalized spacial score (nSPS) is 11.0. The molecule has 0 bridgehead atoms. The molecule has 3 aromatic rings. The predicted octanol–water partition coefficient (Wildman–Crippen LogP) is 2.72. The Balaban J connectivity index is 2.06. The van der Waals surface area contributed by atoms with Gasteiger partial charge in [-0.25, -0.2) is 15.0 Å². The van der Waals surface area contributed by atoms with E-state index in [-0.39, 0.29) is 23.1 Å². The zero-order valence-corrected chi connectivity index (χ0v) is 13.9. The van der Waals surface area contributed by atoms with Crippen LogP contribution >= 0.6 is 0 Å². The number of aromatic amines is 1. The number of H-pyrrole nitrogens is 1. The highest BCUT2D eigenvalue weighted by molar-refractivity contribution is 5.93. The molecule has 24 heavy (non-hydrogen) atoms. The van der Waals surface area contributed by atoms with Crippen molar-refractivity contribution in [1.29, 1.82) is 0 Å². The molecule has 0 aliphatic carbocycles. The topological polar surface area (TPSA) is 98.6 Å². The van der Waals surface area contributed by atoms with E-state index in [0.29, 0.717) is 18.9 Å². The first-order valence-electron chi connectivity index (χ1n) is 7.88. The fourth-order valence-corrected chi connectivity index (χ4v) is 2.57. The van der Waals surface area contributed by atoms with E-state index in [1.807, 2.05) is 39.0 Å². The fraction of sp³-hybridized carbons (Fsp3) is 0.294. The zero-order valence-electron chi connectivity index (χ0n) is 13.9. The molecule has 1 aromatic carbocycles. The number of amides is 1. The van der Waals surface area contributed by atoms with Crippen molar-refractivity contribution in [3.8, 4) is 11.5 Å². The largest absolute Gasteiger partial charge is 0.338 e. The lowest BCUT2D eigenvalue weighted by molar-refractivity contribution is 0.0767. The van der Waals surface area contributed by atoms with Crippen LogP contribution in [0.5, 0.6) is 0 Å². The maximum Gasteiger partial charge on any atom is 0.274 e. The van der Waals surface area contributed by atoms with Gasteiger partial charge < -0.3 is 9.88 Å². The summed E-state index contributed by atoms with van der Waals surface area (Å²) >= 11 is 0. The number of rotatable bonds is 4. The van der Waals surface area contributed by atoms with E-state index in [1.165, 1.54) is 6.20 Å². The summed E-state index contributed by atoms with van der Waals surface area (Å²) in [5, 5.41) is 0. The zero-order chi connectivity index (χ0) is 17.3. The average Bonchev–Trinajstić information content (AvgIpc) is 2.99. The minimum Gasteiger partial charge on any atom is -0.338 e. The van der Waals surface area contributed by atoms with Crippen LogP contribution in [0.3, 0.4) is 0 Å². The molecule has 0 aliphatic heterocycles. The van der Waals surface area contributed by atoms with Crippen LogP contribution in [0.25, 0.3) is 22.6 Å². The number of aromatic nitrogens is 4. The van der Waals surface area contributed by atoms with Gasteiger partial charge in [0.2, 0.25) is 0 Å². The summed E-state index contributed by atoms with van der Waals surface area (Å²) in [6, 6.07) is 5.86. The summed E-state index contributed by atoms with van der Waals surface area (Å²) < 4.78 is 0. The van der Waals surface area contributed by atoms with E-state index in [9.17, 15) is 4.79 Å². The number of carbonyl (C=O) groups is 1. The predicted molar refractivity (Wildman–Crippen MR) is 91.9 cm³/mol. The number of aryl methyl sites for hydroxylation is 1. The SMILES string of the molecule is CCN(CC)C(=O)c1cnc([NH])c(-c2nc3ccc(C)cc3[nH]2)n1. The van der Waals surface area contributed by atoms with Crippen LogP contribution in [0.1, 0.15) is 29.9 Å². The Hall–Kier alpha value is -2.96. The van der Waals surface area contributed by atoms with E-state index in [1.54, 1.807) is 4.90 Å². The first kappa shape index (κ1) is 15.9. The molecule has 1 amide bonds. The van der Waals surface area contributed by atoms with E-state index in [2.05, 4.69) is 19.9 Å². The highest BCUT2D eigenvalue weighted by atomic mass is 16.2. The van der Waals surface area contributed by atoms with Crippen molar-refractivity contribution in [3.05, 3.63) is 35.7 Å². The van der Waals surface area contributed by atoms with Gasteiger partial charge in [0.1, 0.15) is 5.69 Å². The van der Waals surface area contributed by atoms with Gasteiger partial charge in [-0.15, -0.1) is 0 Å². The van der Waals surface area contributed by atoms with Gasteiger partial charge in [-0.3, -0.25) is 10.5 Å². The second-order valence-electron chi connectivity index (χ2n) is 5.54. The van der Waals surface area contributed by atoms with Gasteiger partial charge in [0.15, 0.2) is 17.3 Å². The monoisotopic (exact) mass is 323 g/mol. The molecule has 7 nitrogen and oxygen atoms in total. The van der Waals surface area contributed by atoms with E-state index in [0.717, 1.165) is 16.6 Å². The Labute approximate surface area is 139 Å². The molecule has 0 saturated carbocycles. The van der Waals surface area contributed by atoms with Crippen molar-refractivity contribution in [3.63, 3.8) is 0 Å². The van der Waals surface area contributed by atoms with Gasteiger partial charge in [0.25, 0.3) is 5.91 Å². The van der Waals surface area contributed by atoms with Crippen molar-refractivity contribution in [2.24, 2.45) is 0 Å². The van der Waals surface area contributed by atoms with Crippen LogP contribution in [0, 0.1) is 6.92 Å². The summed E-state index contributed by atoms with van der Waals surface area (Å²) in [7, 11) is 0. The molecule has 0 spiro atoms. The van der Waals surface area contributed by atoms with Crippen molar-refractivity contribution in [2.45, 2.75) is 20.8 Å². The van der Waals surface area contributed by atoms with Crippen LogP contribution in [0.4, 0.5) is 5.82 Å². The molecule has 2 N–H and O–H groups in total. The van der Waals surface area contributed by atoms with Gasteiger partial charge in [-0.1, -0.05) is 6.07 Å². The first-order chi connectivity index (χ1) is 11.5. The molecule has 3 rings (SSSR count). The van der Waals surface area contributed by atoms with Gasteiger partial charge in [-0.2, -0.15) is 0 Å². The molecular formula is C17H19N6O. The number of nitrogens with one attached hydrogen (secondary N) is 2. The minimum atomic E-state index is -0.194. The number of carbonyl (C=O) groups excluding carboxylic acids is 1. The third-order valence-corrected chi connectivity index (χ3v) is 3.90. The molecule has 0 unspecified atom stereocenters. The Morgan fingerprint density at radius 2 is 2.00 bits per heavy atom. The summed E-state index contributed by atoms with van der Waals surface area (Å²) in [6.07, 6.45) is 1.35. The first-order valence-corrected chi connectivity index (χ1v) is 7.88. The second kappa shape index (κ2) is 6.27. The number of hydrogen-bond acceptors (Lipinski definition) is 4. The average molecular weight is 323 g/mol. The van der Waals surface area contributed by atoms with Gasteiger partial charge in [0, 0.05) is 13.1 Å². The summed E-state index contributed by atoms with van der Waals surface area (Å²) in [5.74, 6) is 0.241. The molecule has 2 aromatic heterocycles. The smallest absolute Gasteiger partial charge is 0.274 e. The Bertz CT molecular complexity index is 897. The number of hydrogen-bond donors (Lipinski definition) is 1. The molecule has 0 saturated heterocycles. The number of benzene rings is 1. The lowest BCUT2D eigenvalue weighted by Gasteiger charge is -2.18. The second-order valence-corrected chi connectivity index (χ2v) is 5.54. The van der Waals surface area contributed by atoms with Crippen LogP contribution in [-0.2, 0) is 0 Å². The molecule has 2 heterocycles. The maximum absolute atomic E-state index is 12.5. The molecule has 0 aliphatic rings. The van der Waals surface area contributed by atoms with Crippen molar-refractivity contribution >= 4 is 22.8 Å². The number of nitrogens with zero attached hydrogens (tertiary/aromatic N) is 4. The van der Waals surface area contributed by atoms with Crippen LogP contribution in [0.15, 0.2) is 24.4 Å². The summed E-state index contributed by atoms with van der Waals surface area (Å²) in [5.41, 5.74) is 11.3. The van der Waals surface area contributed by atoms with E-state index in [4.69, 9.17) is 5.73 Å². The van der Waals surface area contributed by atoms with Crippen LogP contribution < -0.4 is 5.73 Å². The standard InChI is InChI=1S/C17H19N6O/c1-4-23(5-2)17(24)13-9-19-15(18)14(20-13)16-21-11-7-6-10(3)8-12(11)22-16/h6-9,18H,4-5H2,1-3H3,(H,21,22). The highest BCUT2D eigenvalue weighted by Gasteiger charge is 2.19. The molecule has 7 heteroatoms. The maximum atomic E-state index is 12.5. The molecular weight excluding hydrogens is 304 g/mol. The third kappa shape index (κ3) is 2.80. The Morgan fingerprint density at radius 1 is 1.25 bits per heavy atom. The third-order valence-electron chi connectivity index (χ3n) is 3.90. The number of imidazole rings is 1. The minimum absolute atomic E-state index is 0.0122. The van der Waals surface area contributed by atoms with E-state index < -0.39 is 0 Å². The van der Waals surface area contributed by atoms with Gasteiger partial charge in [0.05, 0.1) is 17.2 Å². The van der Waals surface area contributed by atoms with Crippen molar-refractivity contribution in [2.75, 3.05) is 13.1 Å². The lowest BCUT2D eigenvalue weighted by atomic mass is 10.2. The van der Waals surface area contributed by atoms with Crippen molar-refractivity contribution in [1.82, 2.24) is 30.6 Å². The Kier molecular flexibility index (Phi) is 4.16. The lowest BCUT2D eigenvalue weighted by Crippen LogP contribution is -2.31. The summed E-state index contributed by atoms with van der Waals surface area (Å²) in [4.78, 5) is 30.1. The molecule has 1 radical (unpaired) electrons.